The van der Waals surface area contributed by atoms with Crippen LogP contribution in [0.5, 0.6) is 0 Å². The molecule has 0 bridgehead atoms. The highest BCUT2D eigenvalue weighted by atomic mass is 14.8. The monoisotopic (exact) mass is 97.1 g/mol. The minimum atomic E-state index is 0.0990. The van der Waals surface area contributed by atoms with Crippen LogP contribution >= 0.6 is 0 Å². The Morgan fingerprint density at radius 3 is 2.43 bits per heavy atom. The van der Waals surface area contributed by atoms with Crippen molar-refractivity contribution in [3.63, 3.8) is 0 Å². The molecule has 1 aliphatic rings. The molecule has 0 aromatic carbocycles. The Labute approximate surface area is 44.2 Å². The van der Waals surface area contributed by atoms with Gasteiger partial charge in [0.05, 0.1) is 0 Å². The molecule has 0 heterocycles. The Bertz CT molecular complexity index is 94.4. The molecular weight excluding hydrogens is 86.1 g/mol. The predicted molar refractivity (Wildman–Crippen MR) is 30.9 cm³/mol. The Balaban J connectivity index is 2.44. The van der Waals surface area contributed by atoms with Gasteiger partial charge in [0.25, 0.3) is 0 Å². The summed E-state index contributed by atoms with van der Waals surface area (Å²) in [5.74, 6) is 0.590. The lowest BCUT2D eigenvalue weighted by atomic mass is 10.2. The van der Waals surface area contributed by atoms with Crippen LogP contribution < -0.4 is 5.73 Å². The lowest BCUT2D eigenvalue weighted by molar-refractivity contribution is 0.717. The second-order valence-electron chi connectivity index (χ2n) is 2.55. The normalized spacial score (nSPS) is 48.6. The Kier molecular flexibility index (Phi) is 0.762. The van der Waals surface area contributed by atoms with Crippen LogP contribution in [0.1, 0.15) is 13.3 Å². The number of hydrogen-bond donors (Lipinski definition) is 1. The highest BCUT2D eigenvalue weighted by Crippen LogP contribution is 2.40. The first kappa shape index (κ1) is 4.85. The minimum Gasteiger partial charge on any atom is -0.325 e. The summed E-state index contributed by atoms with van der Waals surface area (Å²) in [4.78, 5) is 0. The van der Waals surface area contributed by atoms with Crippen molar-refractivity contribution in [2.45, 2.75) is 18.9 Å². The third kappa shape index (κ3) is 0.682. The van der Waals surface area contributed by atoms with Crippen LogP contribution in [0.3, 0.4) is 0 Å². The SMILES string of the molecule is C=CC1CC1(C)N. The van der Waals surface area contributed by atoms with Gasteiger partial charge in [-0.1, -0.05) is 6.08 Å². The van der Waals surface area contributed by atoms with Gasteiger partial charge in [-0.05, 0) is 19.3 Å². The molecule has 0 aromatic rings. The van der Waals surface area contributed by atoms with E-state index in [1.54, 1.807) is 0 Å². The van der Waals surface area contributed by atoms with Gasteiger partial charge in [-0.25, -0.2) is 0 Å². The van der Waals surface area contributed by atoms with E-state index in [2.05, 4.69) is 13.5 Å². The average Bonchev–Trinajstić information content (AvgIpc) is 2.13. The fraction of sp³-hybridized carbons (Fsp3) is 0.667. The summed E-state index contributed by atoms with van der Waals surface area (Å²) in [5.41, 5.74) is 5.75. The molecule has 7 heavy (non-hydrogen) atoms. The minimum absolute atomic E-state index is 0.0990. The number of rotatable bonds is 1. The van der Waals surface area contributed by atoms with E-state index in [0.29, 0.717) is 5.92 Å². The van der Waals surface area contributed by atoms with Crippen molar-refractivity contribution in [1.29, 1.82) is 0 Å². The molecule has 1 nitrogen and oxygen atoms in total. The van der Waals surface area contributed by atoms with Crippen LogP contribution in [0.25, 0.3) is 0 Å². The summed E-state index contributed by atoms with van der Waals surface area (Å²) in [6.45, 7) is 5.69. The zero-order valence-corrected chi connectivity index (χ0v) is 4.65. The molecule has 1 rings (SSSR count). The maximum atomic E-state index is 5.65. The molecule has 1 aliphatic carbocycles. The standard InChI is InChI=1S/C6H11N/c1-3-5-4-6(5,2)7/h3,5H,1,4,7H2,2H3. The fourth-order valence-electron chi connectivity index (χ4n) is 0.767. The van der Waals surface area contributed by atoms with Crippen molar-refractivity contribution in [1.82, 2.24) is 0 Å². The molecule has 2 atom stereocenters. The molecule has 0 amide bonds. The summed E-state index contributed by atoms with van der Waals surface area (Å²) < 4.78 is 0. The molecule has 0 saturated heterocycles. The van der Waals surface area contributed by atoms with Crippen molar-refractivity contribution in [2.75, 3.05) is 0 Å². The maximum absolute atomic E-state index is 5.65. The Morgan fingerprint density at radius 1 is 2.00 bits per heavy atom. The summed E-state index contributed by atoms with van der Waals surface area (Å²) in [6.07, 6.45) is 3.05. The molecule has 2 unspecified atom stereocenters. The van der Waals surface area contributed by atoms with Crippen LogP contribution in [-0.2, 0) is 0 Å². The van der Waals surface area contributed by atoms with Crippen LogP contribution in [0, 0.1) is 5.92 Å². The van der Waals surface area contributed by atoms with Gasteiger partial charge in [-0.2, -0.15) is 0 Å². The van der Waals surface area contributed by atoms with Crippen molar-refractivity contribution in [3.05, 3.63) is 12.7 Å². The summed E-state index contributed by atoms with van der Waals surface area (Å²) >= 11 is 0. The van der Waals surface area contributed by atoms with Crippen molar-refractivity contribution >= 4 is 0 Å². The molecular formula is C6H11N. The van der Waals surface area contributed by atoms with Gasteiger partial charge in [-0.3, -0.25) is 0 Å². The predicted octanol–water partition coefficient (Wildman–Crippen LogP) is 0.910. The second kappa shape index (κ2) is 1.10. The van der Waals surface area contributed by atoms with Gasteiger partial charge in [0.15, 0.2) is 0 Å². The van der Waals surface area contributed by atoms with E-state index < -0.39 is 0 Å². The van der Waals surface area contributed by atoms with Crippen LogP contribution in [-0.4, -0.2) is 5.54 Å². The van der Waals surface area contributed by atoms with Gasteiger partial charge >= 0.3 is 0 Å². The maximum Gasteiger partial charge on any atom is 0.0196 e. The summed E-state index contributed by atoms with van der Waals surface area (Å²) in [7, 11) is 0. The van der Waals surface area contributed by atoms with Crippen molar-refractivity contribution < 1.29 is 0 Å². The van der Waals surface area contributed by atoms with E-state index in [-0.39, 0.29) is 5.54 Å². The highest BCUT2D eigenvalue weighted by Gasteiger charge is 2.43. The zero-order valence-electron chi connectivity index (χ0n) is 4.65. The van der Waals surface area contributed by atoms with Crippen LogP contribution in [0.15, 0.2) is 12.7 Å². The highest BCUT2D eigenvalue weighted by molar-refractivity contribution is 5.11. The lowest BCUT2D eigenvalue weighted by Gasteiger charge is -1.94. The van der Waals surface area contributed by atoms with E-state index in [0.717, 1.165) is 6.42 Å². The third-order valence-electron chi connectivity index (χ3n) is 1.63. The quantitative estimate of drug-likeness (QED) is 0.483. The van der Waals surface area contributed by atoms with E-state index >= 15 is 0 Å². The Hall–Kier alpha value is -0.300. The molecule has 40 valence electrons. The van der Waals surface area contributed by atoms with Gasteiger partial charge in [-0.15, -0.1) is 6.58 Å². The van der Waals surface area contributed by atoms with Gasteiger partial charge < -0.3 is 5.73 Å². The fourth-order valence-corrected chi connectivity index (χ4v) is 0.767. The van der Waals surface area contributed by atoms with E-state index in [4.69, 9.17) is 5.73 Å². The first-order chi connectivity index (χ1) is 3.17. The smallest absolute Gasteiger partial charge is 0.0196 e. The number of hydrogen-bond acceptors (Lipinski definition) is 1. The number of nitrogens with two attached hydrogens (primary N) is 1. The molecule has 2 N–H and O–H groups in total. The summed E-state index contributed by atoms with van der Waals surface area (Å²) in [6, 6.07) is 0. The summed E-state index contributed by atoms with van der Waals surface area (Å²) in [5, 5.41) is 0. The molecule has 0 radical (unpaired) electrons. The first-order valence-electron chi connectivity index (χ1n) is 2.58. The van der Waals surface area contributed by atoms with Gasteiger partial charge in [0.1, 0.15) is 0 Å². The average molecular weight is 97.2 g/mol. The van der Waals surface area contributed by atoms with E-state index in [1.807, 2.05) is 6.08 Å². The third-order valence-corrected chi connectivity index (χ3v) is 1.63. The molecule has 1 fully saturated rings. The molecule has 0 spiro atoms. The van der Waals surface area contributed by atoms with E-state index in [9.17, 15) is 0 Å². The van der Waals surface area contributed by atoms with Crippen molar-refractivity contribution in [2.24, 2.45) is 11.7 Å². The van der Waals surface area contributed by atoms with E-state index in [1.165, 1.54) is 0 Å². The van der Waals surface area contributed by atoms with Crippen LogP contribution in [0.4, 0.5) is 0 Å². The molecule has 0 aromatic heterocycles. The Morgan fingerprint density at radius 2 is 2.43 bits per heavy atom. The second-order valence-corrected chi connectivity index (χ2v) is 2.55. The first-order valence-corrected chi connectivity index (χ1v) is 2.58. The molecule has 1 heteroatoms. The van der Waals surface area contributed by atoms with Crippen molar-refractivity contribution in [3.8, 4) is 0 Å². The zero-order chi connectivity index (χ0) is 5.49. The topological polar surface area (TPSA) is 26.0 Å². The lowest BCUT2D eigenvalue weighted by Crippen LogP contribution is -2.18. The van der Waals surface area contributed by atoms with Crippen LogP contribution in [0.2, 0.25) is 0 Å². The largest absolute Gasteiger partial charge is 0.325 e. The molecule has 1 saturated carbocycles. The van der Waals surface area contributed by atoms with Gasteiger partial charge in [0.2, 0.25) is 0 Å². The molecule has 0 aliphatic heterocycles. The van der Waals surface area contributed by atoms with Gasteiger partial charge in [0, 0.05) is 5.54 Å².